The molecule has 164 valence electrons. The molecule has 9 nitrogen and oxygen atoms in total. The Bertz CT molecular complexity index is 1120. The number of carbonyl (C=O) groups excluding carboxylic acids is 2. The maximum absolute atomic E-state index is 12.9. The minimum atomic E-state index is -0.601. The molecule has 5 rings (SSSR count). The first-order valence-electron chi connectivity index (χ1n) is 10.6. The van der Waals surface area contributed by atoms with Crippen molar-refractivity contribution in [3.05, 3.63) is 78.0 Å². The number of rotatable bonds is 5. The maximum Gasteiger partial charge on any atom is 0.230 e. The molecule has 1 aromatic heterocycles. The molecule has 3 unspecified atom stereocenters. The van der Waals surface area contributed by atoms with Crippen molar-refractivity contribution in [2.24, 2.45) is 5.92 Å². The first-order valence-corrected chi connectivity index (χ1v) is 10.6. The van der Waals surface area contributed by atoms with Crippen LogP contribution in [0.25, 0.3) is 0 Å². The van der Waals surface area contributed by atoms with Crippen LogP contribution in [0.15, 0.2) is 66.7 Å². The van der Waals surface area contributed by atoms with Crippen LogP contribution in [0, 0.1) is 12.8 Å². The van der Waals surface area contributed by atoms with Gasteiger partial charge in [-0.3, -0.25) is 19.9 Å². The number of amides is 2. The van der Waals surface area contributed by atoms with Crippen LogP contribution in [0.5, 0.6) is 0 Å². The Morgan fingerprint density at radius 1 is 1.12 bits per heavy atom. The lowest BCUT2D eigenvalue weighted by Crippen LogP contribution is -2.61. The topological polar surface area (TPSA) is 103 Å². The molecule has 3 atom stereocenters. The molecule has 3 heterocycles. The van der Waals surface area contributed by atoms with Crippen molar-refractivity contribution in [3.63, 3.8) is 0 Å². The molecular formula is C23H25N7O2. The van der Waals surface area contributed by atoms with E-state index in [0.717, 1.165) is 16.9 Å². The average molecular weight is 432 g/mol. The average Bonchev–Trinajstić information content (AvgIpc) is 3.38. The summed E-state index contributed by atoms with van der Waals surface area (Å²) in [4.78, 5) is 25.5. The summed E-state index contributed by atoms with van der Waals surface area (Å²) in [5.74, 6) is 0.0568. The van der Waals surface area contributed by atoms with Gasteiger partial charge in [0.15, 0.2) is 6.29 Å². The number of hydrogen-bond donors (Lipinski definition) is 4. The number of nitrogens with zero attached hydrogens (tertiary/aromatic N) is 3. The van der Waals surface area contributed by atoms with Crippen LogP contribution in [0.1, 0.15) is 17.5 Å². The predicted molar refractivity (Wildman–Crippen MR) is 120 cm³/mol. The summed E-state index contributed by atoms with van der Waals surface area (Å²) in [5, 5.41) is 15.9. The molecule has 2 aromatic carbocycles. The Hall–Kier alpha value is -3.69. The lowest BCUT2D eigenvalue weighted by molar-refractivity contribution is -0.129. The first-order chi connectivity index (χ1) is 15.6. The number of aromatic nitrogens is 2. The van der Waals surface area contributed by atoms with E-state index in [4.69, 9.17) is 0 Å². The van der Waals surface area contributed by atoms with Gasteiger partial charge in [0.1, 0.15) is 12.0 Å². The zero-order valence-corrected chi connectivity index (χ0v) is 17.7. The Morgan fingerprint density at radius 2 is 1.84 bits per heavy atom. The quantitative estimate of drug-likeness (QED) is 0.488. The second-order valence-electron chi connectivity index (χ2n) is 8.02. The van der Waals surface area contributed by atoms with E-state index in [2.05, 4.69) is 26.5 Å². The van der Waals surface area contributed by atoms with Crippen LogP contribution in [-0.4, -0.2) is 34.3 Å². The molecule has 2 aliphatic heterocycles. The Kier molecular flexibility index (Phi) is 5.34. The fraction of sp³-hybridized carbons (Fsp3) is 0.261. The van der Waals surface area contributed by atoms with Gasteiger partial charge in [-0.1, -0.05) is 48.5 Å². The van der Waals surface area contributed by atoms with Crippen LogP contribution in [0.4, 0.5) is 11.5 Å². The van der Waals surface area contributed by atoms with Gasteiger partial charge in [0.25, 0.3) is 0 Å². The van der Waals surface area contributed by atoms with E-state index >= 15 is 0 Å². The van der Waals surface area contributed by atoms with Crippen LogP contribution in [0.2, 0.25) is 0 Å². The highest BCUT2D eigenvalue weighted by molar-refractivity contribution is 5.91. The van der Waals surface area contributed by atoms with E-state index in [1.807, 2.05) is 72.6 Å². The van der Waals surface area contributed by atoms with Gasteiger partial charge in [0, 0.05) is 12.6 Å². The van der Waals surface area contributed by atoms with Crippen molar-refractivity contribution in [3.8, 4) is 0 Å². The number of aryl methyl sites for hydroxylation is 1. The van der Waals surface area contributed by atoms with Crippen molar-refractivity contribution >= 4 is 23.3 Å². The highest BCUT2D eigenvalue weighted by Crippen LogP contribution is 2.27. The van der Waals surface area contributed by atoms with Crippen molar-refractivity contribution in [1.82, 2.24) is 25.8 Å². The summed E-state index contributed by atoms with van der Waals surface area (Å²) in [7, 11) is 0. The zero-order chi connectivity index (χ0) is 22.1. The van der Waals surface area contributed by atoms with Crippen molar-refractivity contribution < 1.29 is 9.59 Å². The molecule has 2 aliphatic rings. The normalized spacial score (nSPS) is 22.3. The summed E-state index contributed by atoms with van der Waals surface area (Å²) in [5.41, 5.74) is 5.94. The minimum Gasteiger partial charge on any atom is -0.321 e. The predicted octanol–water partition coefficient (Wildman–Crippen LogP) is 1.52. The van der Waals surface area contributed by atoms with Crippen LogP contribution >= 0.6 is 0 Å². The van der Waals surface area contributed by atoms with Crippen LogP contribution < -0.4 is 26.4 Å². The summed E-state index contributed by atoms with van der Waals surface area (Å²) in [6.45, 7) is 2.38. The van der Waals surface area contributed by atoms with E-state index in [-0.39, 0.29) is 30.3 Å². The molecule has 2 amide bonds. The lowest BCUT2D eigenvalue weighted by Gasteiger charge is -2.37. The summed E-state index contributed by atoms with van der Waals surface area (Å²) in [6, 6.07) is 21.2. The molecular weight excluding hydrogens is 406 g/mol. The molecule has 0 bridgehead atoms. The largest absolute Gasteiger partial charge is 0.321 e. The molecule has 2 saturated heterocycles. The molecule has 32 heavy (non-hydrogen) atoms. The Labute approximate surface area is 185 Å². The molecule has 0 radical (unpaired) electrons. The van der Waals surface area contributed by atoms with E-state index in [1.54, 1.807) is 10.7 Å². The SMILES string of the molecule is Cc1cc(NC(=O)Cc2ccccc2)n(C2NC(=O)C3CNN(c4ccccc4)C3N2)n1. The third kappa shape index (κ3) is 3.95. The van der Waals surface area contributed by atoms with Gasteiger partial charge >= 0.3 is 0 Å². The van der Waals surface area contributed by atoms with Gasteiger partial charge in [0.2, 0.25) is 11.8 Å². The second kappa shape index (κ2) is 8.45. The van der Waals surface area contributed by atoms with E-state index in [9.17, 15) is 9.59 Å². The van der Waals surface area contributed by atoms with Gasteiger partial charge in [-0.05, 0) is 24.6 Å². The second-order valence-corrected chi connectivity index (χ2v) is 8.02. The number of carbonyl (C=O) groups is 2. The number of hydrogen-bond acceptors (Lipinski definition) is 6. The van der Waals surface area contributed by atoms with Gasteiger partial charge in [-0.2, -0.15) is 5.10 Å². The summed E-state index contributed by atoms with van der Waals surface area (Å²) >= 11 is 0. The fourth-order valence-electron chi connectivity index (χ4n) is 4.21. The number of nitrogens with one attached hydrogen (secondary N) is 4. The Balaban J connectivity index is 1.36. The van der Waals surface area contributed by atoms with Gasteiger partial charge in [0.05, 0.1) is 23.7 Å². The van der Waals surface area contributed by atoms with Gasteiger partial charge in [-0.25, -0.2) is 10.1 Å². The third-order valence-electron chi connectivity index (χ3n) is 5.70. The molecule has 4 N–H and O–H groups in total. The molecule has 3 aromatic rings. The van der Waals surface area contributed by atoms with Crippen LogP contribution in [0.3, 0.4) is 0 Å². The van der Waals surface area contributed by atoms with Crippen LogP contribution in [-0.2, 0) is 16.0 Å². The Morgan fingerprint density at radius 3 is 2.59 bits per heavy atom. The highest BCUT2D eigenvalue weighted by atomic mass is 16.2. The standard InChI is InChI=1S/C23H25N7O2/c1-15-12-19(25-20(31)13-16-8-4-2-5-9-16)30(28-15)23-26-21-18(22(32)27-23)14-24-29(21)17-10-6-3-7-11-17/h2-12,18,21,23-24,26H,13-14H2,1H3,(H,25,31)(H,27,32). The summed E-state index contributed by atoms with van der Waals surface area (Å²) in [6.07, 6.45) is -0.601. The van der Waals surface area contributed by atoms with Crippen molar-refractivity contribution in [2.45, 2.75) is 25.8 Å². The van der Waals surface area contributed by atoms with Crippen molar-refractivity contribution in [2.75, 3.05) is 16.9 Å². The number of para-hydroxylation sites is 1. The number of hydrazine groups is 1. The number of benzene rings is 2. The molecule has 0 aliphatic carbocycles. The highest BCUT2D eigenvalue weighted by Gasteiger charge is 2.45. The monoisotopic (exact) mass is 431 g/mol. The molecule has 0 spiro atoms. The van der Waals surface area contributed by atoms with E-state index < -0.39 is 6.29 Å². The number of anilines is 2. The van der Waals surface area contributed by atoms with E-state index in [1.165, 1.54) is 0 Å². The molecule has 9 heteroatoms. The number of fused-ring (bicyclic) bond motifs is 1. The van der Waals surface area contributed by atoms with E-state index in [0.29, 0.717) is 12.4 Å². The lowest BCUT2D eigenvalue weighted by atomic mass is 10.0. The maximum atomic E-state index is 12.9. The van der Waals surface area contributed by atoms with Gasteiger partial charge < -0.3 is 10.6 Å². The molecule has 0 saturated carbocycles. The third-order valence-corrected chi connectivity index (χ3v) is 5.70. The van der Waals surface area contributed by atoms with Crippen molar-refractivity contribution in [1.29, 1.82) is 0 Å². The first kappa shape index (κ1) is 20.2. The fourth-order valence-corrected chi connectivity index (χ4v) is 4.21. The summed E-state index contributed by atoms with van der Waals surface area (Å²) < 4.78 is 1.62. The zero-order valence-electron chi connectivity index (χ0n) is 17.7. The molecule has 2 fully saturated rings. The minimum absolute atomic E-state index is 0.0700. The smallest absolute Gasteiger partial charge is 0.230 e. The van der Waals surface area contributed by atoms with Gasteiger partial charge in [-0.15, -0.1) is 0 Å².